The van der Waals surface area contributed by atoms with Crippen LogP contribution < -0.4 is 0 Å². The van der Waals surface area contributed by atoms with Crippen molar-refractivity contribution >= 4 is 17.9 Å². The van der Waals surface area contributed by atoms with Crippen molar-refractivity contribution in [3.05, 3.63) is 158 Å². The monoisotopic (exact) mass is 1090 g/mol. The van der Waals surface area contributed by atoms with Gasteiger partial charge in [-0.1, -0.05) is 275 Å². The molecular formula is C73H116O6. The molecule has 0 bridgehead atoms. The van der Waals surface area contributed by atoms with Crippen LogP contribution in [0, 0.1) is 0 Å². The van der Waals surface area contributed by atoms with E-state index in [1.165, 1.54) is 57.8 Å². The minimum absolute atomic E-state index is 0.0922. The van der Waals surface area contributed by atoms with Crippen LogP contribution >= 0.6 is 0 Å². The van der Waals surface area contributed by atoms with Gasteiger partial charge in [0.05, 0.1) is 0 Å². The smallest absolute Gasteiger partial charge is 0.306 e. The molecule has 0 saturated carbocycles. The largest absolute Gasteiger partial charge is 0.462 e. The molecule has 0 aromatic carbocycles. The average Bonchev–Trinajstić information content (AvgIpc) is 3.45. The summed E-state index contributed by atoms with van der Waals surface area (Å²) in [7, 11) is 0. The van der Waals surface area contributed by atoms with Crippen LogP contribution in [0.2, 0.25) is 0 Å². The molecule has 0 aliphatic rings. The molecule has 6 heteroatoms. The van der Waals surface area contributed by atoms with Gasteiger partial charge < -0.3 is 14.2 Å². The van der Waals surface area contributed by atoms with E-state index in [1.54, 1.807) is 0 Å². The summed E-state index contributed by atoms with van der Waals surface area (Å²) in [6.07, 6.45) is 95.5. The van der Waals surface area contributed by atoms with Crippen LogP contribution in [0.15, 0.2) is 158 Å². The zero-order chi connectivity index (χ0) is 57.1. The Morgan fingerprint density at radius 1 is 0.266 bits per heavy atom. The predicted octanol–water partition coefficient (Wildman–Crippen LogP) is 22.1. The molecule has 0 aliphatic heterocycles. The number of allylic oxidation sites excluding steroid dienone is 26. The standard InChI is InChI=1S/C73H116O6/c1-4-7-10-13-16-18-20-22-24-26-28-30-31-32-33-34-35-36-37-38-39-40-41-43-44-46-48-50-52-54-57-60-63-66-72(75)78-69-70(68-77-71(74)65-62-59-56-15-12-9-6-3)79-73(76)67-64-61-58-55-53-51-49-47-45-42-29-27-25-23-21-19-17-14-11-8-5-2/h7-8,10-11,16-19,22-25,28-30,32-33,35-36,38-39,41-43,46,48,70H,4-6,9,12-15,20-21,26-27,31,34,37,40,44-45,47,49-69H2,1-3H3/b10-7-,11-8-,18-16-,19-17-,24-22-,25-23-,30-28-,33-32-,36-35-,39-38-,42-29-,43-41-,48-46-. The zero-order valence-electron chi connectivity index (χ0n) is 50.8. The number of ether oxygens (including phenoxy) is 3. The number of rotatable bonds is 56. The van der Waals surface area contributed by atoms with Crippen LogP contribution in [-0.2, 0) is 28.6 Å². The Morgan fingerprint density at radius 3 is 0.772 bits per heavy atom. The maximum Gasteiger partial charge on any atom is 0.306 e. The fourth-order valence-corrected chi connectivity index (χ4v) is 8.31. The molecular weight excluding hydrogens is 973 g/mol. The van der Waals surface area contributed by atoms with Gasteiger partial charge in [0.15, 0.2) is 6.10 Å². The minimum atomic E-state index is -0.795. The molecule has 0 radical (unpaired) electrons. The van der Waals surface area contributed by atoms with E-state index in [2.05, 4.69) is 179 Å². The molecule has 0 aromatic rings. The Kier molecular flexibility index (Phi) is 61.4. The molecule has 0 rings (SSSR count). The van der Waals surface area contributed by atoms with Crippen LogP contribution in [0.5, 0.6) is 0 Å². The van der Waals surface area contributed by atoms with Crippen molar-refractivity contribution in [1.82, 2.24) is 0 Å². The van der Waals surface area contributed by atoms with E-state index in [-0.39, 0.29) is 31.1 Å². The van der Waals surface area contributed by atoms with E-state index in [0.29, 0.717) is 19.3 Å². The molecule has 0 heterocycles. The summed E-state index contributed by atoms with van der Waals surface area (Å²) in [6, 6.07) is 0. The Morgan fingerprint density at radius 2 is 0.494 bits per heavy atom. The molecule has 6 nitrogen and oxygen atoms in total. The van der Waals surface area contributed by atoms with Gasteiger partial charge in [-0.25, -0.2) is 0 Å². The summed E-state index contributed by atoms with van der Waals surface area (Å²) in [4.78, 5) is 38.1. The number of hydrogen-bond acceptors (Lipinski definition) is 6. The van der Waals surface area contributed by atoms with Gasteiger partial charge in [-0.2, -0.15) is 0 Å². The van der Waals surface area contributed by atoms with Gasteiger partial charge in [-0.3, -0.25) is 14.4 Å². The van der Waals surface area contributed by atoms with Gasteiger partial charge in [0.25, 0.3) is 0 Å². The molecule has 0 N–H and O–H groups in total. The Hall–Kier alpha value is -4.97. The van der Waals surface area contributed by atoms with Crippen molar-refractivity contribution in [3.63, 3.8) is 0 Å². The zero-order valence-corrected chi connectivity index (χ0v) is 50.8. The predicted molar refractivity (Wildman–Crippen MR) is 343 cm³/mol. The van der Waals surface area contributed by atoms with E-state index in [9.17, 15) is 14.4 Å². The van der Waals surface area contributed by atoms with Crippen LogP contribution in [0.1, 0.15) is 265 Å². The lowest BCUT2D eigenvalue weighted by Gasteiger charge is -2.18. The number of esters is 3. The van der Waals surface area contributed by atoms with Crippen LogP contribution in [0.4, 0.5) is 0 Å². The SMILES string of the molecule is CC/C=C\C/C=C\C/C=C\C/C=C\C/C=C\C/C=C\C/C=C\C/C=C\C/C=C\CCCCCCCC(=O)OCC(COC(=O)CCCCCCCCC)OC(=O)CCCCCCCCCC/C=C\C/C=C\C/C=C\C/C=C\CC. The quantitative estimate of drug-likeness (QED) is 0.0261. The first-order valence-corrected chi connectivity index (χ1v) is 32.0. The Balaban J connectivity index is 4.23. The van der Waals surface area contributed by atoms with Crippen molar-refractivity contribution in [3.8, 4) is 0 Å². The molecule has 444 valence electrons. The minimum Gasteiger partial charge on any atom is -0.462 e. The lowest BCUT2D eigenvalue weighted by Crippen LogP contribution is -2.30. The van der Waals surface area contributed by atoms with Gasteiger partial charge in [-0.15, -0.1) is 0 Å². The van der Waals surface area contributed by atoms with Crippen molar-refractivity contribution in [2.45, 2.75) is 271 Å². The fraction of sp³-hybridized carbons (Fsp3) is 0.603. The molecule has 0 aliphatic carbocycles. The first kappa shape index (κ1) is 74.0. The van der Waals surface area contributed by atoms with Crippen molar-refractivity contribution < 1.29 is 28.6 Å². The highest BCUT2D eigenvalue weighted by atomic mass is 16.6. The molecule has 0 saturated heterocycles. The van der Waals surface area contributed by atoms with Crippen LogP contribution in [0.25, 0.3) is 0 Å². The van der Waals surface area contributed by atoms with Crippen LogP contribution in [-0.4, -0.2) is 37.2 Å². The normalized spacial score (nSPS) is 13.2. The van der Waals surface area contributed by atoms with Crippen LogP contribution in [0.3, 0.4) is 0 Å². The van der Waals surface area contributed by atoms with Gasteiger partial charge >= 0.3 is 17.9 Å². The van der Waals surface area contributed by atoms with E-state index < -0.39 is 6.10 Å². The third-order valence-corrected chi connectivity index (χ3v) is 13.0. The molecule has 1 atom stereocenters. The third kappa shape index (κ3) is 63.7. The summed E-state index contributed by atoms with van der Waals surface area (Å²) in [5.41, 5.74) is 0. The third-order valence-electron chi connectivity index (χ3n) is 13.0. The molecule has 0 fully saturated rings. The second-order valence-electron chi connectivity index (χ2n) is 20.6. The first-order chi connectivity index (χ1) is 39.0. The Bertz CT molecular complexity index is 1780. The van der Waals surface area contributed by atoms with Gasteiger partial charge in [-0.05, 0) is 128 Å². The molecule has 79 heavy (non-hydrogen) atoms. The van der Waals surface area contributed by atoms with E-state index in [4.69, 9.17) is 14.2 Å². The van der Waals surface area contributed by atoms with Gasteiger partial charge in [0.1, 0.15) is 13.2 Å². The highest BCUT2D eigenvalue weighted by Gasteiger charge is 2.19. The summed E-state index contributed by atoms with van der Waals surface area (Å²) in [6.45, 7) is 6.34. The lowest BCUT2D eigenvalue weighted by molar-refractivity contribution is -0.167. The Labute approximate surface area is 486 Å². The summed E-state index contributed by atoms with van der Waals surface area (Å²) >= 11 is 0. The highest BCUT2D eigenvalue weighted by Crippen LogP contribution is 2.14. The average molecular weight is 1090 g/mol. The van der Waals surface area contributed by atoms with Crippen molar-refractivity contribution in [1.29, 1.82) is 0 Å². The second kappa shape index (κ2) is 65.5. The van der Waals surface area contributed by atoms with Gasteiger partial charge in [0.2, 0.25) is 0 Å². The topological polar surface area (TPSA) is 78.9 Å². The maximum atomic E-state index is 12.9. The molecule has 0 spiro atoms. The fourth-order valence-electron chi connectivity index (χ4n) is 8.31. The number of carbonyl (C=O) groups excluding carboxylic acids is 3. The van der Waals surface area contributed by atoms with E-state index in [0.717, 1.165) is 167 Å². The number of carbonyl (C=O) groups is 3. The number of hydrogen-bond donors (Lipinski definition) is 0. The second-order valence-corrected chi connectivity index (χ2v) is 20.6. The summed E-state index contributed by atoms with van der Waals surface area (Å²) < 4.78 is 16.8. The molecule has 0 amide bonds. The molecule has 0 aromatic heterocycles. The van der Waals surface area contributed by atoms with Crippen molar-refractivity contribution in [2.24, 2.45) is 0 Å². The molecule has 1 unspecified atom stereocenters. The summed E-state index contributed by atoms with van der Waals surface area (Å²) in [5, 5.41) is 0. The van der Waals surface area contributed by atoms with E-state index >= 15 is 0 Å². The highest BCUT2D eigenvalue weighted by molar-refractivity contribution is 5.71. The summed E-state index contributed by atoms with van der Waals surface area (Å²) in [5.74, 6) is -0.931. The number of unbranched alkanes of at least 4 members (excludes halogenated alkanes) is 19. The first-order valence-electron chi connectivity index (χ1n) is 32.0. The van der Waals surface area contributed by atoms with E-state index in [1.807, 2.05) is 0 Å². The lowest BCUT2D eigenvalue weighted by atomic mass is 10.1. The van der Waals surface area contributed by atoms with Crippen molar-refractivity contribution in [2.75, 3.05) is 13.2 Å². The maximum absolute atomic E-state index is 12.9. The van der Waals surface area contributed by atoms with Gasteiger partial charge in [0, 0.05) is 19.3 Å².